The van der Waals surface area contributed by atoms with E-state index in [0.29, 0.717) is 0 Å². The van der Waals surface area contributed by atoms with Gasteiger partial charge in [0.2, 0.25) is 0 Å². The summed E-state index contributed by atoms with van der Waals surface area (Å²) < 4.78 is 4.14. The maximum atomic E-state index is 11.6. The molecule has 140 valence electrons. The molecule has 0 saturated heterocycles. The molecule has 0 aliphatic carbocycles. The van der Waals surface area contributed by atoms with Gasteiger partial charge in [-0.3, -0.25) is 4.79 Å². The molecule has 0 amide bonds. The Morgan fingerprint density at radius 2 is 0.933 bits per heavy atom. The van der Waals surface area contributed by atoms with E-state index in [4.69, 9.17) is 0 Å². The Morgan fingerprint density at radius 3 is 1.17 bits per heavy atom. The summed E-state index contributed by atoms with van der Waals surface area (Å²) in [5.74, 6) is -13.4. The first kappa shape index (κ1) is 45.3. The number of aliphatic hydroxyl groups is 1. The van der Waals surface area contributed by atoms with Crippen LogP contribution in [0.15, 0.2) is 0 Å². The predicted molar refractivity (Wildman–Crippen MR) is 57.3 cm³/mol. The van der Waals surface area contributed by atoms with Crippen LogP contribution in [0.4, 0.5) is 0 Å². The first-order chi connectivity index (χ1) is 11.2. The van der Waals surface area contributed by atoms with E-state index >= 15 is 0 Å². The Labute approximate surface area is 280 Å². The first-order valence-corrected chi connectivity index (χ1v) is 6.21. The molecule has 0 aliphatic heterocycles. The SMILES string of the molecule is O=C([O-])CC(O)(CC(=O)OC(CC(=O)[O-])(CC(=O)[O-])C(=O)[O-])C(=O)[O-].[Na+].[Na+].[Na+].[Na+].[Na+]. The summed E-state index contributed by atoms with van der Waals surface area (Å²) in [5.41, 5.74) is -6.74. The molecule has 0 rings (SSSR count). The second kappa shape index (κ2) is 20.2. The van der Waals surface area contributed by atoms with Crippen LogP contribution in [0.5, 0.6) is 0 Å². The zero-order chi connectivity index (χ0) is 20.0. The minimum atomic E-state index is -3.39. The zero-order valence-corrected chi connectivity index (χ0v) is 27.2. The van der Waals surface area contributed by atoms with Crippen LogP contribution >= 0.6 is 0 Å². The monoisotopic (exact) mass is 476 g/mol. The average molecular weight is 476 g/mol. The standard InChI is InChI=1S/C12H14O13.5Na/c13-5(14)1-11(24,9(20)21)4-8(19)25-12(10(22)23,2-6(15)16)3-7(17)18;;;;;/h24H,1-4H2,(H,13,14)(H,15,16)(H,17,18)(H,20,21)(H,22,23);;;;;/q;5*+1/p-5. The number of aliphatic carboxylic acids is 5. The maximum Gasteiger partial charge on any atom is 1.00 e. The van der Waals surface area contributed by atoms with E-state index in [1.54, 1.807) is 0 Å². The molecule has 0 aromatic rings. The summed E-state index contributed by atoms with van der Waals surface area (Å²) in [6.45, 7) is 0. The van der Waals surface area contributed by atoms with Gasteiger partial charge in [0.15, 0.2) is 5.60 Å². The van der Waals surface area contributed by atoms with Crippen LogP contribution in [0.2, 0.25) is 0 Å². The molecular weight excluding hydrogens is 467 g/mol. The number of carbonyl (C=O) groups is 6. The van der Waals surface area contributed by atoms with Crippen LogP contribution in [0.3, 0.4) is 0 Å². The van der Waals surface area contributed by atoms with Crippen molar-refractivity contribution >= 4 is 35.8 Å². The van der Waals surface area contributed by atoms with E-state index in [9.17, 15) is 59.4 Å². The smallest absolute Gasteiger partial charge is 0.550 e. The number of hydrogen-bond acceptors (Lipinski definition) is 13. The van der Waals surface area contributed by atoms with E-state index in [1.807, 2.05) is 0 Å². The van der Waals surface area contributed by atoms with Crippen LogP contribution in [0.1, 0.15) is 25.7 Å². The normalized spacial score (nSPS) is 11.1. The van der Waals surface area contributed by atoms with Crippen molar-refractivity contribution in [3.63, 3.8) is 0 Å². The minimum Gasteiger partial charge on any atom is -0.550 e. The summed E-state index contributed by atoms with van der Waals surface area (Å²) >= 11 is 0. The van der Waals surface area contributed by atoms with E-state index < -0.39 is 72.7 Å². The van der Waals surface area contributed by atoms with Gasteiger partial charge in [-0.1, -0.05) is 0 Å². The molecule has 0 bridgehead atoms. The van der Waals surface area contributed by atoms with Crippen LogP contribution < -0.4 is 173 Å². The number of hydrogen-bond donors (Lipinski definition) is 1. The molecule has 1 N–H and O–H groups in total. The number of carboxylic acid groups (broad SMARTS) is 5. The third-order valence-corrected chi connectivity index (χ3v) is 2.79. The van der Waals surface area contributed by atoms with Crippen molar-refractivity contribution < 1.29 is 212 Å². The third-order valence-electron chi connectivity index (χ3n) is 2.79. The van der Waals surface area contributed by atoms with Gasteiger partial charge < -0.3 is 59.3 Å². The largest absolute Gasteiger partial charge is 1.00 e. The molecule has 13 nitrogen and oxygen atoms in total. The number of rotatable bonds is 11. The van der Waals surface area contributed by atoms with Gasteiger partial charge in [0.1, 0.15) is 5.60 Å². The number of carbonyl (C=O) groups excluding carboxylic acids is 6. The predicted octanol–water partition coefficient (Wildman–Crippen LogP) is -23.7. The van der Waals surface area contributed by atoms with Crippen molar-refractivity contribution in [2.75, 3.05) is 0 Å². The fraction of sp³-hybridized carbons (Fsp3) is 0.500. The molecule has 1 unspecified atom stereocenters. The third kappa shape index (κ3) is 16.4. The Morgan fingerprint density at radius 1 is 0.600 bits per heavy atom. The van der Waals surface area contributed by atoms with Gasteiger partial charge in [-0.25, -0.2) is 0 Å². The fourth-order valence-corrected chi connectivity index (χ4v) is 1.73. The quantitative estimate of drug-likeness (QED) is 0.215. The molecule has 0 fully saturated rings. The van der Waals surface area contributed by atoms with Crippen molar-refractivity contribution in [1.29, 1.82) is 0 Å². The summed E-state index contributed by atoms with van der Waals surface area (Å²) in [6, 6.07) is 0. The minimum absolute atomic E-state index is 0. The number of ether oxygens (including phenoxy) is 1. The van der Waals surface area contributed by atoms with Gasteiger partial charge in [0, 0.05) is 37.2 Å². The van der Waals surface area contributed by atoms with Crippen LogP contribution in [-0.4, -0.2) is 52.1 Å². The van der Waals surface area contributed by atoms with Crippen LogP contribution in [0, 0.1) is 0 Å². The number of carboxylic acids is 5. The molecule has 0 aromatic carbocycles. The first-order valence-electron chi connectivity index (χ1n) is 6.21. The fourth-order valence-electron chi connectivity index (χ4n) is 1.73. The zero-order valence-electron chi connectivity index (χ0n) is 17.2. The topological polar surface area (TPSA) is 247 Å². The van der Waals surface area contributed by atoms with E-state index in [0.717, 1.165) is 0 Å². The van der Waals surface area contributed by atoms with E-state index in [2.05, 4.69) is 4.74 Å². The number of esters is 1. The Bertz CT molecular complexity index is 610. The molecule has 0 heterocycles. The van der Waals surface area contributed by atoms with E-state index in [1.165, 1.54) is 0 Å². The summed E-state index contributed by atoms with van der Waals surface area (Å²) in [7, 11) is 0. The second-order valence-electron chi connectivity index (χ2n) is 4.90. The summed E-state index contributed by atoms with van der Waals surface area (Å²) in [5, 5.41) is 62.9. The van der Waals surface area contributed by atoms with Crippen LogP contribution in [-0.2, 0) is 33.5 Å². The molecule has 0 radical (unpaired) electrons. The van der Waals surface area contributed by atoms with Crippen molar-refractivity contribution in [1.82, 2.24) is 0 Å². The molecule has 30 heavy (non-hydrogen) atoms. The Hall–Kier alpha value is 1.78. The molecule has 0 spiro atoms. The van der Waals surface area contributed by atoms with Crippen molar-refractivity contribution in [3.8, 4) is 0 Å². The Kier molecular flexibility index (Phi) is 30.5. The molecule has 0 aliphatic rings. The molecule has 18 heteroatoms. The van der Waals surface area contributed by atoms with Crippen molar-refractivity contribution in [3.05, 3.63) is 0 Å². The average Bonchev–Trinajstić information content (AvgIpc) is 2.34. The molecule has 1 atom stereocenters. The van der Waals surface area contributed by atoms with Gasteiger partial charge in [-0.2, -0.15) is 0 Å². The molecular formula is C12H9Na5O13. The second-order valence-corrected chi connectivity index (χ2v) is 4.90. The summed E-state index contributed by atoms with van der Waals surface area (Å²) in [6.07, 6.45) is -6.80. The van der Waals surface area contributed by atoms with Crippen molar-refractivity contribution in [2.24, 2.45) is 0 Å². The van der Waals surface area contributed by atoms with Gasteiger partial charge in [0.25, 0.3) is 0 Å². The maximum absolute atomic E-state index is 11.6. The van der Waals surface area contributed by atoms with Gasteiger partial charge >= 0.3 is 154 Å². The van der Waals surface area contributed by atoms with E-state index in [-0.39, 0.29) is 148 Å². The van der Waals surface area contributed by atoms with Gasteiger partial charge in [-0.15, -0.1) is 0 Å². The van der Waals surface area contributed by atoms with Gasteiger partial charge in [0.05, 0.1) is 18.4 Å². The molecule has 0 saturated carbocycles. The van der Waals surface area contributed by atoms with Gasteiger partial charge in [-0.05, 0) is 0 Å². The summed E-state index contributed by atoms with van der Waals surface area (Å²) in [4.78, 5) is 65.0. The molecule has 0 aromatic heterocycles. The Balaban J connectivity index is -0.000000288. The van der Waals surface area contributed by atoms with Crippen molar-refractivity contribution in [2.45, 2.75) is 36.9 Å². The van der Waals surface area contributed by atoms with Crippen LogP contribution in [0.25, 0.3) is 0 Å².